The van der Waals surface area contributed by atoms with Crippen LogP contribution in [-0.4, -0.2) is 4.83 Å². The maximum atomic E-state index is 3.71. The van der Waals surface area contributed by atoms with E-state index in [0.29, 0.717) is 0 Å². The molecule has 0 radical (unpaired) electrons. The van der Waals surface area contributed by atoms with Gasteiger partial charge in [-0.25, -0.2) is 0 Å². The third-order valence-electron chi connectivity index (χ3n) is 2.43. The Bertz CT molecular complexity index is 230. The van der Waals surface area contributed by atoms with Crippen LogP contribution in [0.5, 0.6) is 0 Å². The number of halogens is 1. The molecule has 0 aliphatic carbocycles. The fraction of sp³-hybridized carbons (Fsp3) is 0.538. The molecular formula is C13H19Br. The average molecular weight is 255 g/mol. The molecule has 1 heteroatoms. The minimum absolute atomic E-state index is 0.719. The number of hydrogen-bond donors (Lipinski definition) is 0. The van der Waals surface area contributed by atoms with E-state index in [1.165, 1.54) is 37.7 Å². The van der Waals surface area contributed by atoms with Crippen molar-refractivity contribution in [2.75, 3.05) is 0 Å². The first kappa shape index (κ1) is 11.8. The summed E-state index contributed by atoms with van der Waals surface area (Å²) in [6.45, 7) is 2.24. The highest BCUT2D eigenvalue weighted by atomic mass is 79.9. The summed E-state index contributed by atoms with van der Waals surface area (Å²) in [5.41, 5.74) is 1.46. The second kappa shape index (κ2) is 7.05. The number of rotatable bonds is 6. The SMILES string of the molecule is CCCC(Br)CCCc1ccccc1. The van der Waals surface area contributed by atoms with E-state index in [4.69, 9.17) is 0 Å². The summed E-state index contributed by atoms with van der Waals surface area (Å²) in [4.78, 5) is 0.719. The molecule has 0 nitrogen and oxygen atoms in total. The van der Waals surface area contributed by atoms with Gasteiger partial charge in [0, 0.05) is 4.83 Å². The molecule has 1 aromatic carbocycles. The summed E-state index contributed by atoms with van der Waals surface area (Å²) in [5.74, 6) is 0. The maximum Gasteiger partial charge on any atom is 0.0145 e. The van der Waals surface area contributed by atoms with Crippen LogP contribution in [0.3, 0.4) is 0 Å². The molecule has 1 unspecified atom stereocenters. The normalized spacial score (nSPS) is 12.7. The van der Waals surface area contributed by atoms with E-state index in [1.54, 1.807) is 0 Å². The highest BCUT2D eigenvalue weighted by molar-refractivity contribution is 9.09. The first-order chi connectivity index (χ1) is 6.83. The van der Waals surface area contributed by atoms with Gasteiger partial charge in [-0.05, 0) is 31.2 Å². The van der Waals surface area contributed by atoms with Crippen molar-refractivity contribution in [1.29, 1.82) is 0 Å². The Kier molecular flexibility index (Phi) is 5.93. The molecule has 78 valence electrons. The summed E-state index contributed by atoms with van der Waals surface area (Å²) in [7, 11) is 0. The second-order valence-electron chi connectivity index (χ2n) is 3.76. The Morgan fingerprint density at radius 2 is 1.86 bits per heavy atom. The monoisotopic (exact) mass is 254 g/mol. The molecule has 0 spiro atoms. The van der Waals surface area contributed by atoms with E-state index in [1.807, 2.05) is 0 Å². The zero-order valence-electron chi connectivity index (χ0n) is 8.88. The third-order valence-corrected chi connectivity index (χ3v) is 3.34. The summed E-state index contributed by atoms with van der Waals surface area (Å²) < 4.78 is 0. The molecule has 0 aromatic heterocycles. The summed E-state index contributed by atoms with van der Waals surface area (Å²) >= 11 is 3.71. The van der Waals surface area contributed by atoms with Gasteiger partial charge in [0.25, 0.3) is 0 Å². The van der Waals surface area contributed by atoms with Gasteiger partial charge in [0.2, 0.25) is 0 Å². The molecular weight excluding hydrogens is 236 g/mol. The van der Waals surface area contributed by atoms with Gasteiger partial charge in [0.1, 0.15) is 0 Å². The van der Waals surface area contributed by atoms with E-state index < -0.39 is 0 Å². The summed E-state index contributed by atoms with van der Waals surface area (Å²) in [6, 6.07) is 10.7. The van der Waals surface area contributed by atoms with Gasteiger partial charge < -0.3 is 0 Å². The van der Waals surface area contributed by atoms with Gasteiger partial charge >= 0.3 is 0 Å². The zero-order chi connectivity index (χ0) is 10.2. The Balaban J connectivity index is 2.16. The number of benzene rings is 1. The van der Waals surface area contributed by atoms with Crippen LogP contribution in [-0.2, 0) is 6.42 Å². The molecule has 0 aliphatic heterocycles. The van der Waals surface area contributed by atoms with Crippen LogP contribution in [0.2, 0.25) is 0 Å². The van der Waals surface area contributed by atoms with Gasteiger partial charge in [0.05, 0.1) is 0 Å². The quantitative estimate of drug-likeness (QED) is 0.653. The van der Waals surface area contributed by atoms with Gasteiger partial charge in [0.15, 0.2) is 0 Å². The Labute approximate surface area is 95.9 Å². The predicted molar refractivity (Wildman–Crippen MR) is 67.0 cm³/mol. The molecule has 0 amide bonds. The highest BCUT2D eigenvalue weighted by Crippen LogP contribution is 2.16. The van der Waals surface area contributed by atoms with Crippen LogP contribution in [0.1, 0.15) is 38.2 Å². The van der Waals surface area contributed by atoms with Crippen molar-refractivity contribution >= 4 is 15.9 Å². The van der Waals surface area contributed by atoms with Crippen LogP contribution < -0.4 is 0 Å². The lowest BCUT2D eigenvalue weighted by atomic mass is 10.1. The van der Waals surface area contributed by atoms with Gasteiger partial charge in [-0.2, -0.15) is 0 Å². The molecule has 0 saturated heterocycles. The smallest absolute Gasteiger partial charge is 0.0145 e. The zero-order valence-corrected chi connectivity index (χ0v) is 10.5. The van der Waals surface area contributed by atoms with Crippen molar-refractivity contribution in [2.45, 2.75) is 43.9 Å². The number of hydrogen-bond acceptors (Lipinski definition) is 0. The molecule has 0 N–H and O–H groups in total. The third kappa shape index (κ3) is 4.80. The van der Waals surface area contributed by atoms with Crippen molar-refractivity contribution in [2.24, 2.45) is 0 Å². The van der Waals surface area contributed by atoms with Crippen LogP contribution >= 0.6 is 15.9 Å². The van der Waals surface area contributed by atoms with E-state index in [2.05, 4.69) is 53.2 Å². The van der Waals surface area contributed by atoms with Crippen molar-refractivity contribution < 1.29 is 0 Å². The van der Waals surface area contributed by atoms with Crippen molar-refractivity contribution in [1.82, 2.24) is 0 Å². The van der Waals surface area contributed by atoms with E-state index in [-0.39, 0.29) is 0 Å². The predicted octanol–water partition coefficient (Wildman–Crippen LogP) is 4.57. The van der Waals surface area contributed by atoms with Crippen molar-refractivity contribution in [3.8, 4) is 0 Å². The Morgan fingerprint density at radius 1 is 1.14 bits per heavy atom. The van der Waals surface area contributed by atoms with Crippen LogP contribution in [0.4, 0.5) is 0 Å². The molecule has 0 aliphatic rings. The second-order valence-corrected chi connectivity index (χ2v) is 5.06. The molecule has 1 aromatic rings. The summed E-state index contributed by atoms with van der Waals surface area (Å²) in [5, 5.41) is 0. The van der Waals surface area contributed by atoms with E-state index >= 15 is 0 Å². The highest BCUT2D eigenvalue weighted by Gasteiger charge is 2.01. The first-order valence-electron chi connectivity index (χ1n) is 5.51. The van der Waals surface area contributed by atoms with E-state index in [9.17, 15) is 0 Å². The standard InChI is InChI=1S/C13H19Br/c1-2-7-13(14)11-6-10-12-8-4-3-5-9-12/h3-5,8-9,13H,2,6-7,10-11H2,1H3. The molecule has 0 fully saturated rings. The number of alkyl halides is 1. The van der Waals surface area contributed by atoms with Gasteiger partial charge in [-0.15, -0.1) is 0 Å². The lowest BCUT2D eigenvalue weighted by Crippen LogP contribution is -1.97. The lowest BCUT2D eigenvalue weighted by Gasteiger charge is -2.07. The molecule has 1 rings (SSSR count). The van der Waals surface area contributed by atoms with Crippen molar-refractivity contribution in [3.05, 3.63) is 35.9 Å². The minimum Gasteiger partial charge on any atom is -0.0891 e. The van der Waals surface area contributed by atoms with Crippen LogP contribution in [0.25, 0.3) is 0 Å². The molecule has 1 atom stereocenters. The minimum atomic E-state index is 0.719. The fourth-order valence-corrected chi connectivity index (χ4v) is 2.41. The average Bonchev–Trinajstić information content (AvgIpc) is 2.20. The summed E-state index contributed by atoms with van der Waals surface area (Å²) in [6.07, 6.45) is 6.38. The number of aryl methyl sites for hydroxylation is 1. The largest absolute Gasteiger partial charge is 0.0891 e. The van der Waals surface area contributed by atoms with Crippen molar-refractivity contribution in [3.63, 3.8) is 0 Å². The Hall–Kier alpha value is -0.300. The fourth-order valence-electron chi connectivity index (χ4n) is 1.63. The van der Waals surface area contributed by atoms with E-state index in [0.717, 1.165) is 4.83 Å². The lowest BCUT2D eigenvalue weighted by molar-refractivity contribution is 0.655. The molecule has 14 heavy (non-hydrogen) atoms. The van der Waals surface area contributed by atoms with Gasteiger partial charge in [-0.1, -0.05) is 59.6 Å². The van der Waals surface area contributed by atoms with Crippen LogP contribution in [0, 0.1) is 0 Å². The topological polar surface area (TPSA) is 0 Å². The van der Waals surface area contributed by atoms with Crippen LogP contribution in [0.15, 0.2) is 30.3 Å². The molecule has 0 heterocycles. The maximum absolute atomic E-state index is 3.71. The molecule has 0 bridgehead atoms. The first-order valence-corrected chi connectivity index (χ1v) is 6.42. The Morgan fingerprint density at radius 3 is 2.50 bits per heavy atom. The molecule has 0 saturated carbocycles. The van der Waals surface area contributed by atoms with Gasteiger partial charge in [-0.3, -0.25) is 0 Å².